The Bertz CT molecular complexity index is 255. The lowest BCUT2D eigenvalue weighted by atomic mass is 10.1. The van der Waals surface area contributed by atoms with Gasteiger partial charge in [-0.2, -0.15) is 0 Å². The molecule has 2 fully saturated rings. The van der Waals surface area contributed by atoms with Crippen LogP contribution in [-0.4, -0.2) is 70.6 Å². The van der Waals surface area contributed by atoms with Gasteiger partial charge in [-0.15, -0.1) is 0 Å². The van der Waals surface area contributed by atoms with E-state index in [0.29, 0.717) is 0 Å². The summed E-state index contributed by atoms with van der Waals surface area (Å²) in [5.74, 6) is 0. The molecular weight excluding hydrogens is 204 g/mol. The number of morpholine rings is 2. The van der Waals surface area contributed by atoms with Crippen LogP contribution in [0, 0.1) is 0 Å². The third kappa shape index (κ3) is 1.96. The van der Waals surface area contributed by atoms with Crippen LogP contribution in [0.3, 0.4) is 0 Å². The van der Waals surface area contributed by atoms with Crippen molar-refractivity contribution in [2.24, 2.45) is 0 Å². The highest BCUT2D eigenvalue weighted by atomic mass is 16.5. The number of carbonyl (C=O) groups is 2. The Labute approximate surface area is 85.8 Å². The molecule has 2 aliphatic rings. The minimum Gasteiger partial charge on any atom is -0.465 e. The van der Waals surface area contributed by atoms with E-state index in [1.165, 1.54) is 9.80 Å². The summed E-state index contributed by atoms with van der Waals surface area (Å²) < 4.78 is 5.47. The highest BCUT2D eigenvalue weighted by molar-refractivity contribution is 5.66. The predicted molar refractivity (Wildman–Crippen MR) is 47.9 cm³/mol. The van der Waals surface area contributed by atoms with E-state index in [0.717, 1.165) is 0 Å². The average Bonchev–Trinajstić information content (AvgIpc) is 2.15. The number of ether oxygens (including phenoxy) is 1. The fraction of sp³-hybridized carbons (Fsp3) is 0.750. The van der Waals surface area contributed by atoms with Crippen molar-refractivity contribution in [3.8, 4) is 0 Å². The summed E-state index contributed by atoms with van der Waals surface area (Å²) in [7, 11) is 0. The first-order chi connectivity index (χ1) is 7.06. The zero-order chi connectivity index (χ0) is 11.0. The minimum absolute atomic E-state index is 0.246. The van der Waals surface area contributed by atoms with Gasteiger partial charge in [-0.3, -0.25) is 0 Å². The lowest BCUT2D eigenvalue weighted by Gasteiger charge is -2.43. The number of carboxylic acid groups (broad SMARTS) is 2. The summed E-state index contributed by atoms with van der Waals surface area (Å²) in [4.78, 5) is 24.0. The number of nitrogens with zero attached hydrogens (tertiary/aromatic N) is 2. The maximum atomic E-state index is 10.7. The van der Waals surface area contributed by atoms with Crippen LogP contribution >= 0.6 is 0 Å². The lowest BCUT2D eigenvalue weighted by molar-refractivity contribution is -0.124. The molecule has 7 heteroatoms. The SMILES string of the molecule is O=C(O)N1CC2CN(C(=O)O)CC(C1)O2. The smallest absolute Gasteiger partial charge is 0.407 e. The number of hydrogen-bond acceptors (Lipinski definition) is 3. The zero-order valence-corrected chi connectivity index (χ0v) is 8.00. The fourth-order valence-corrected chi connectivity index (χ4v) is 2.00. The van der Waals surface area contributed by atoms with Gasteiger partial charge >= 0.3 is 12.2 Å². The van der Waals surface area contributed by atoms with Crippen molar-refractivity contribution in [1.82, 2.24) is 9.80 Å². The number of fused-ring (bicyclic) bond motifs is 2. The van der Waals surface area contributed by atoms with E-state index in [-0.39, 0.29) is 38.4 Å². The molecule has 0 aromatic rings. The molecule has 0 radical (unpaired) electrons. The molecule has 2 saturated heterocycles. The normalized spacial score (nSPS) is 30.1. The minimum atomic E-state index is -0.975. The summed E-state index contributed by atoms with van der Waals surface area (Å²) in [6, 6.07) is 0. The first kappa shape index (κ1) is 10.0. The number of hydrogen-bond donors (Lipinski definition) is 2. The second-order valence-electron chi connectivity index (χ2n) is 3.76. The van der Waals surface area contributed by atoms with Crippen LogP contribution < -0.4 is 0 Å². The number of amides is 2. The summed E-state index contributed by atoms with van der Waals surface area (Å²) in [6.07, 6.45) is -2.61. The zero-order valence-electron chi connectivity index (χ0n) is 8.00. The maximum Gasteiger partial charge on any atom is 0.407 e. The van der Waals surface area contributed by atoms with Gasteiger partial charge in [-0.25, -0.2) is 9.59 Å². The van der Waals surface area contributed by atoms with Crippen molar-refractivity contribution in [3.63, 3.8) is 0 Å². The third-order valence-corrected chi connectivity index (χ3v) is 2.62. The molecule has 15 heavy (non-hydrogen) atoms. The van der Waals surface area contributed by atoms with Crippen molar-refractivity contribution in [1.29, 1.82) is 0 Å². The molecule has 0 atom stereocenters. The molecule has 2 N–H and O–H groups in total. The van der Waals surface area contributed by atoms with Gasteiger partial charge in [0, 0.05) is 0 Å². The van der Waals surface area contributed by atoms with Crippen molar-refractivity contribution < 1.29 is 24.5 Å². The molecule has 2 rings (SSSR count). The van der Waals surface area contributed by atoms with Crippen LogP contribution in [0.5, 0.6) is 0 Å². The van der Waals surface area contributed by atoms with Crippen LogP contribution in [0.15, 0.2) is 0 Å². The Hall–Kier alpha value is -1.50. The van der Waals surface area contributed by atoms with Crippen molar-refractivity contribution in [2.45, 2.75) is 12.2 Å². The van der Waals surface area contributed by atoms with Crippen LogP contribution in [0.25, 0.3) is 0 Å². The molecule has 0 spiro atoms. The quantitative estimate of drug-likeness (QED) is 0.581. The van der Waals surface area contributed by atoms with Crippen molar-refractivity contribution in [3.05, 3.63) is 0 Å². The van der Waals surface area contributed by atoms with Gasteiger partial charge in [-0.1, -0.05) is 0 Å². The van der Waals surface area contributed by atoms with E-state index >= 15 is 0 Å². The van der Waals surface area contributed by atoms with Crippen LogP contribution in [0.2, 0.25) is 0 Å². The molecule has 2 amide bonds. The first-order valence-electron chi connectivity index (χ1n) is 4.67. The molecule has 0 aliphatic carbocycles. The second-order valence-corrected chi connectivity index (χ2v) is 3.76. The predicted octanol–water partition coefficient (Wildman–Crippen LogP) is -0.273. The molecule has 2 aliphatic heterocycles. The highest BCUT2D eigenvalue weighted by Gasteiger charge is 2.38. The van der Waals surface area contributed by atoms with Crippen molar-refractivity contribution >= 4 is 12.2 Å². The molecule has 0 saturated carbocycles. The summed E-state index contributed by atoms with van der Waals surface area (Å²) in [6.45, 7) is 0.983. The standard InChI is InChI=1S/C8H12N2O5/c11-7(12)9-1-5-2-10(8(13)14)4-6(3-9)15-5/h5-6H,1-4H2,(H,11,12)(H,13,14). The van der Waals surface area contributed by atoms with E-state index in [1.807, 2.05) is 0 Å². The van der Waals surface area contributed by atoms with Gasteiger partial charge < -0.3 is 24.7 Å². The highest BCUT2D eigenvalue weighted by Crippen LogP contribution is 2.19. The Morgan fingerprint density at radius 2 is 1.27 bits per heavy atom. The Kier molecular flexibility index (Phi) is 2.39. The number of rotatable bonds is 0. The van der Waals surface area contributed by atoms with E-state index in [2.05, 4.69) is 0 Å². The van der Waals surface area contributed by atoms with E-state index in [1.54, 1.807) is 0 Å². The van der Waals surface area contributed by atoms with Gasteiger partial charge in [-0.05, 0) is 0 Å². The monoisotopic (exact) mass is 216 g/mol. The largest absolute Gasteiger partial charge is 0.465 e. The van der Waals surface area contributed by atoms with Gasteiger partial charge in [0.25, 0.3) is 0 Å². The van der Waals surface area contributed by atoms with Gasteiger partial charge in [0.1, 0.15) is 0 Å². The molecule has 84 valence electrons. The van der Waals surface area contributed by atoms with Crippen molar-refractivity contribution in [2.75, 3.05) is 26.2 Å². The first-order valence-corrected chi connectivity index (χ1v) is 4.67. The third-order valence-electron chi connectivity index (χ3n) is 2.62. The Balaban J connectivity index is 2.02. The maximum absolute atomic E-state index is 10.7. The Morgan fingerprint density at radius 1 is 0.933 bits per heavy atom. The molecular formula is C8H12N2O5. The van der Waals surface area contributed by atoms with Gasteiger partial charge in [0.05, 0.1) is 38.4 Å². The molecule has 2 heterocycles. The summed E-state index contributed by atoms with van der Waals surface area (Å²) in [5.41, 5.74) is 0. The van der Waals surface area contributed by atoms with Gasteiger partial charge in [0.15, 0.2) is 0 Å². The van der Waals surface area contributed by atoms with Crippen LogP contribution in [0.4, 0.5) is 9.59 Å². The average molecular weight is 216 g/mol. The summed E-state index contributed by atoms with van der Waals surface area (Å²) >= 11 is 0. The lowest BCUT2D eigenvalue weighted by Crippen LogP contribution is -2.61. The molecule has 2 bridgehead atoms. The van der Waals surface area contributed by atoms with E-state index in [9.17, 15) is 9.59 Å². The molecule has 0 aromatic heterocycles. The topological polar surface area (TPSA) is 90.3 Å². The van der Waals surface area contributed by atoms with Gasteiger partial charge in [0.2, 0.25) is 0 Å². The molecule has 7 nitrogen and oxygen atoms in total. The molecule has 0 aromatic carbocycles. The molecule has 0 unspecified atom stereocenters. The summed E-state index contributed by atoms with van der Waals surface area (Å²) in [5, 5.41) is 17.6. The van der Waals surface area contributed by atoms with E-state index < -0.39 is 12.2 Å². The van der Waals surface area contributed by atoms with Crippen LogP contribution in [0.1, 0.15) is 0 Å². The van der Waals surface area contributed by atoms with E-state index in [4.69, 9.17) is 14.9 Å². The van der Waals surface area contributed by atoms with Crippen LogP contribution in [-0.2, 0) is 4.74 Å². The Morgan fingerprint density at radius 3 is 1.53 bits per heavy atom. The second kappa shape index (κ2) is 3.58. The fourth-order valence-electron chi connectivity index (χ4n) is 2.00.